The van der Waals surface area contributed by atoms with Gasteiger partial charge in [-0.25, -0.2) is 4.39 Å². The quantitative estimate of drug-likeness (QED) is 0.803. The lowest BCUT2D eigenvalue weighted by atomic mass is 10.0. The number of hydrogen-bond donors (Lipinski definition) is 2. The zero-order valence-corrected chi connectivity index (χ0v) is 12.2. The molecular formula is C16H19FN2O2. The van der Waals surface area contributed by atoms with Gasteiger partial charge in [0.05, 0.1) is 0 Å². The Kier molecular flexibility index (Phi) is 4.73. The van der Waals surface area contributed by atoms with Gasteiger partial charge in [-0.05, 0) is 36.6 Å². The van der Waals surface area contributed by atoms with Crippen molar-refractivity contribution < 1.29 is 14.0 Å². The molecule has 1 heterocycles. The molecule has 2 N–H and O–H groups in total. The minimum atomic E-state index is -0.546. The SMILES string of the molecule is CCC(C)C(=O)C(=O)NCCc1c[nH]c2ccc(F)cc12. The summed E-state index contributed by atoms with van der Waals surface area (Å²) in [5, 5.41) is 3.42. The van der Waals surface area contributed by atoms with Crippen molar-refractivity contribution in [1.29, 1.82) is 0 Å². The zero-order valence-electron chi connectivity index (χ0n) is 12.2. The number of hydrogen-bond acceptors (Lipinski definition) is 2. The molecule has 2 aromatic rings. The van der Waals surface area contributed by atoms with Crippen LogP contribution in [0.25, 0.3) is 10.9 Å². The third kappa shape index (κ3) is 3.48. The normalized spacial score (nSPS) is 12.3. The van der Waals surface area contributed by atoms with E-state index in [1.54, 1.807) is 19.2 Å². The van der Waals surface area contributed by atoms with Gasteiger partial charge in [-0.1, -0.05) is 13.8 Å². The predicted octanol–water partition coefficient (Wildman–Crippen LogP) is 2.58. The highest BCUT2D eigenvalue weighted by atomic mass is 19.1. The van der Waals surface area contributed by atoms with E-state index in [1.807, 2.05) is 6.92 Å². The van der Waals surface area contributed by atoms with Gasteiger partial charge in [0.15, 0.2) is 0 Å². The molecule has 1 unspecified atom stereocenters. The van der Waals surface area contributed by atoms with Gasteiger partial charge in [0.2, 0.25) is 5.78 Å². The Morgan fingerprint density at radius 3 is 2.86 bits per heavy atom. The second-order valence-electron chi connectivity index (χ2n) is 5.18. The molecule has 0 radical (unpaired) electrons. The topological polar surface area (TPSA) is 62.0 Å². The van der Waals surface area contributed by atoms with Crippen LogP contribution in [-0.2, 0) is 16.0 Å². The Bertz CT molecular complexity index is 663. The van der Waals surface area contributed by atoms with Gasteiger partial charge in [-0.3, -0.25) is 9.59 Å². The maximum absolute atomic E-state index is 13.2. The largest absolute Gasteiger partial charge is 0.361 e. The Morgan fingerprint density at radius 2 is 2.14 bits per heavy atom. The first-order chi connectivity index (χ1) is 10.0. The number of aromatic amines is 1. The molecule has 5 heteroatoms. The average Bonchev–Trinajstić information content (AvgIpc) is 2.88. The van der Waals surface area contributed by atoms with E-state index in [1.165, 1.54) is 12.1 Å². The van der Waals surface area contributed by atoms with Crippen LogP contribution in [0.1, 0.15) is 25.8 Å². The van der Waals surface area contributed by atoms with Crippen LogP contribution in [0, 0.1) is 11.7 Å². The third-order valence-electron chi connectivity index (χ3n) is 3.69. The van der Waals surface area contributed by atoms with Gasteiger partial charge in [-0.2, -0.15) is 0 Å². The summed E-state index contributed by atoms with van der Waals surface area (Å²) >= 11 is 0. The number of amides is 1. The first-order valence-electron chi connectivity index (χ1n) is 7.10. The number of fused-ring (bicyclic) bond motifs is 1. The van der Waals surface area contributed by atoms with Gasteiger partial charge in [0.1, 0.15) is 5.82 Å². The van der Waals surface area contributed by atoms with Crippen molar-refractivity contribution >= 4 is 22.6 Å². The highest BCUT2D eigenvalue weighted by Crippen LogP contribution is 2.19. The second kappa shape index (κ2) is 6.52. The van der Waals surface area contributed by atoms with Crippen molar-refractivity contribution in [1.82, 2.24) is 10.3 Å². The number of halogens is 1. The van der Waals surface area contributed by atoms with E-state index < -0.39 is 5.91 Å². The summed E-state index contributed by atoms with van der Waals surface area (Å²) < 4.78 is 13.2. The third-order valence-corrected chi connectivity index (χ3v) is 3.69. The van der Waals surface area contributed by atoms with E-state index in [0.29, 0.717) is 19.4 Å². The molecule has 4 nitrogen and oxygen atoms in total. The highest BCUT2D eigenvalue weighted by molar-refractivity contribution is 6.36. The summed E-state index contributed by atoms with van der Waals surface area (Å²) in [5.74, 6) is -1.48. The summed E-state index contributed by atoms with van der Waals surface area (Å²) in [6, 6.07) is 4.54. The number of rotatable bonds is 6. The van der Waals surface area contributed by atoms with Gasteiger partial charge in [0.25, 0.3) is 5.91 Å². The molecular weight excluding hydrogens is 271 g/mol. The van der Waals surface area contributed by atoms with Gasteiger partial charge < -0.3 is 10.3 Å². The molecule has 1 atom stereocenters. The van der Waals surface area contributed by atoms with Crippen molar-refractivity contribution in [3.05, 3.63) is 35.8 Å². The number of carbonyl (C=O) groups is 2. The lowest BCUT2D eigenvalue weighted by molar-refractivity contribution is -0.140. The smallest absolute Gasteiger partial charge is 0.287 e. The molecule has 0 aliphatic carbocycles. The Labute approximate surface area is 122 Å². The van der Waals surface area contributed by atoms with Crippen molar-refractivity contribution in [2.75, 3.05) is 6.54 Å². The van der Waals surface area contributed by atoms with Gasteiger partial charge in [-0.15, -0.1) is 0 Å². The maximum Gasteiger partial charge on any atom is 0.287 e. The van der Waals surface area contributed by atoms with E-state index in [4.69, 9.17) is 0 Å². The van der Waals surface area contributed by atoms with Crippen LogP contribution in [0.3, 0.4) is 0 Å². The number of H-pyrrole nitrogens is 1. The number of carbonyl (C=O) groups excluding carboxylic acids is 2. The molecule has 1 aromatic carbocycles. The molecule has 2 rings (SSSR count). The molecule has 1 amide bonds. The fraction of sp³-hybridized carbons (Fsp3) is 0.375. The Balaban J connectivity index is 1.95. The molecule has 0 spiro atoms. The van der Waals surface area contributed by atoms with Crippen LogP contribution in [0.15, 0.2) is 24.4 Å². The molecule has 1 aromatic heterocycles. The molecule has 0 aliphatic heterocycles. The van der Waals surface area contributed by atoms with Crippen LogP contribution in [-0.4, -0.2) is 23.2 Å². The number of ketones is 1. The van der Waals surface area contributed by atoms with E-state index in [0.717, 1.165) is 16.5 Å². The van der Waals surface area contributed by atoms with Crippen LogP contribution >= 0.6 is 0 Å². The molecule has 0 fully saturated rings. The fourth-order valence-electron chi connectivity index (χ4n) is 2.16. The number of nitrogens with one attached hydrogen (secondary N) is 2. The van der Waals surface area contributed by atoms with Crippen LogP contribution < -0.4 is 5.32 Å². The Morgan fingerprint density at radius 1 is 1.38 bits per heavy atom. The molecule has 21 heavy (non-hydrogen) atoms. The molecule has 112 valence electrons. The maximum atomic E-state index is 13.2. The minimum Gasteiger partial charge on any atom is -0.361 e. The van der Waals surface area contributed by atoms with Crippen molar-refractivity contribution in [2.45, 2.75) is 26.7 Å². The number of Topliss-reactive ketones (excluding diaryl/α,β-unsaturated/α-hetero) is 1. The van der Waals surface area contributed by atoms with Crippen molar-refractivity contribution in [3.63, 3.8) is 0 Å². The Hall–Kier alpha value is -2.17. The van der Waals surface area contributed by atoms with E-state index >= 15 is 0 Å². The lowest BCUT2D eigenvalue weighted by Crippen LogP contribution is -2.35. The minimum absolute atomic E-state index is 0.257. The first-order valence-corrected chi connectivity index (χ1v) is 7.10. The standard InChI is InChI=1S/C16H19FN2O2/c1-3-10(2)15(20)16(21)18-7-6-11-9-19-14-5-4-12(17)8-13(11)14/h4-5,8-10,19H,3,6-7H2,1-2H3,(H,18,21). The van der Waals surface area contributed by atoms with Crippen LogP contribution in [0.4, 0.5) is 4.39 Å². The van der Waals surface area contributed by atoms with Crippen LogP contribution in [0.5, 0.6) is 0 Å². The number of aromatic nitrogens is 1. The molecule has 0 bridgehead atoms. The summed E-state index contributed by atoms with van der Waals surface area (Å²) in [5.41, 5.74) is 1.77. The second-order valence-corrected chi connectivity index (χ2v) is 5.18. The summed E-state index contributed by atoms with van der Waals surface area (Å²) in [6.45, 7) is 3.96. The van der Waals surface area contributed by atoms with E-state index in [9.17, 15) is 14.0 Å². The van der Waals surface area contributed by atoms with Crippen LogP contribution in [0.2, 0.25) is 0 Å². The molecule has 0 saturated carbocycles. The summed E-state index contributed by atoms with van der Waals surface area (Å²) in [7, 11) is 0. The van der Waals surface area contributed by atoms with Crippen molar-refractivity contribution in [3.8, 4) is 0 Å². The van der Waals surface area contributed by atoms with E-state index in [-0.39, 0.29) is 17.5 Å². The summed E-state index contributed by atoms with van der Waals surface area (Å²) in [6.07, 6.45) is 2.99. The first kappa shape index (κ1) is 15.2. The van der Waals surface area contributed by atoms with Crippen molar-refractivity contribution in [2.24, 2.45) is 5.92 Å². The highest BCUT2D eigenvalue weighted by Gasteiger charge is 2.19. The lowest BCUT2D eigenvalue weighted by Gasteiger charge is -2.08. The van der Waals surface area contributed by atoms with Gasteiger partial charge in [0, 0.05) is 29.6 Å². The predicted molar refractivity (Wildman–Crippen MR) is 79.4 cm³/mol. The fourth-order valence-corrected chi connectivity index (χ4v) is 2.16. The van der Waals surface area contributed by atoms with E-state index in [2.05, 4.69) is 10.3 Å². The van der Waals surface area contributed by atoms with Gasteiger partial charge >= 0.3 is 0 Å². The number of benzene rings is 1. The summed E-state index contributed by atoms with van der Waals surface area (Å²) in [4.78, 5) is 26.4. The molecule has 0 saturated heterocycles. The average molecular weight is 290 g/mol. The zero-order chi connectivity index (χ0) is 15.4. The molecule has 0 aliphatic rings. The monoisotopic (exact) mass is 290 g/mol.